The third-order valence-corrected chi connectivity index (χ3v) is 1.83. The summed E-state index contributed by atoms with van der Waals surface area (Å²) in [4.78, 5) is 0. The summed E-state index contributed by atoms with van der Waals surface area (Å²) < 4.78 is 5.41. The molecule has 1 nitrogen and oxygen atoms in total. The molecule has 13 heavy (non-hydrogen) atoms. The van der Waals surface area contributed by atoms with Gasteiger partial charge in [-0.25, -0.2) is 0 Å². The Balaban J connectivity index is 2.13. The van der Waals surface area contributed by atoms with Gasteiger partial charge >= 0.3 is 7.48 Å². The van der Waals surface area contributed by atoms with Gasteiger partial charge in [-0.2, -0.15) is 0 Å². The van der Waals surface area contributed by atoms with Crippen molar-refractivity contribution in [1.82, 2.24) is 0 Å². The van der Waals surface area contributed by atoms with E-state index in [1.807, 2.05) is 37.8 Å². The highest BCUT2D eigenvalue weighted by Gasteiger charge is 1.97. The monoisotopic (exact) mass is 175 g/mol. The first-order valence-corrected chi connectivity index (χ1v) is 4.79. The van der Waals surface area contributed by atoms with Gasteiger partial charge in [0.05, 0.1) is 0 Å². The second kappa shape index (κ2) is 5.82. The maximum absolute atomic E-state index is 5.41. The Morgan fingerprint density at radius 2 is 1.92 bits per heavy atom. The van der Waals surface area contributed by atoms with Crippen molar-refractivity contribution in [2.45, 2.75) is 20.3 Å². The van der Waals surface area contributed by atoms with Crippen LogP contribution in [0.2, 0.25) is 0 Å². The number of benzene rings is 1. The molecule has 0 saturated carbocycles. The van der Waals surface area contributed by atoms with Crippen LogP contribution >= 0.6 is 0 Å². The fraction of sp³-hybridized carbons (Fsp3) is 0.455. The molecule has 1 radical (unpaired) electrons. The van der Waals surface area contributed by atoms with Gasteiger partial charge in [-0.3, -0.25) is 0 Å². The molecule has 1 aromatic carbocycles. The van der Waals surface area contributed by atoms with Gasteiger partial charge in [0.25, 0.3) is 0 Å². The van der Waals surface area contributed by atoms with Gasteiger partial charge in [0, 0.05) is 6.61 Å². The van der Waals surface area contributed by atoms with Crippen LogP contribution in [-0.2, 0) is 4.65 Å². The average Bonchev–Trinajstić information content (AvgIpc) is 2.14. The van der Waals surface area contributed by atoms with E-state index in [2.05, 4.69) is 13.8 Å². The second-order valence-corrected chi connectivity index (χ2v) is 3.58. The molecule has 0 fully saturated rings. The van der Waals surface area contributed by atoms with Gasteiger partial charge in [0.15, 0.2) is 0 Å². The normalized spacial score (nSPS) is 10.4. The fourth-order valence-electron chi connectivity index (χ4n) is 0.991. The Bertz CT molecular complexity index is 221. The molecule has 0 aliphatic heterocycles. The smallest absolute Gasteiger partial charge is 0.329 e. The molecule has 0 N–H and O–H groups in total. The summed E-state index contributed by atoms with van der Waals surface area (Å²) >= 11 is 0. The number of hydrogen-bond donors (Lipinski definition) is 0. The van der Waals surface area contributed by atoms with Crippen molar-refractivity contribution < 1.29 is 4.65 Å². The van der Waals surface area contributed by atoms with E-state index >= 15 is 0 Å². The van der Waals surface area contributed by atoms with E-state index in [0.29, 0.717) is 5.92 Å². The molecular formula is C11H16BO. The van der Waals surface area contributed by atoms with E-state index in [9.17, 15) is 0 Å². The lowest BCUT2D eigenvalue weighted by atomic mass is 9.88. The van der Waals surface area contributed by atoms with Crippen molar-refractivity contribution in [3.8, 4) is 0 Å². The molecule has 1 rings (SSSR count). The lowest BCUT2D eigenvalue weighted by Crippen LogP contribution is -2.17. The van der Waals surface area contributed by atoms with E-state index in [-0.39, 0.29) is 0 Å². The molecule has 0 atom stereocenters. The zero-order valence-electron chi connectivity index (χ0n) is 8.36. The summed E-state index contributed by atoms with van der Waals surface area (Å²) in [6, 6.07) is 10.1. The van der Waals surface area contributed by atoms with Crippen molar-refractivity contribution in [1.29, 1.82) is 0 Å². The van der Waals surface area contributed by atoms with Crippen LogP contribution in [0.1, 0.15) is 20.3 Å². The number of hydrogen-bond acceptors (Lipinski definition) is 1. The van der Waals surface area contributed by atoms with Crippen LogP contribution in [0, 0.1) is 5.92 Å². The summed E-state index contributed by atoms with van der Waals surface area (Å²) in [5.41, 5.74) is 1.13. The van der Waals surface area contributed by atoms with Gasteiger partial charge in [0.1, 0.15) is 0 Å². The molecule has 0 amide bonds. The zero-order valence-corrected chi connectivity index (χ0v) is 8.36. The summed E-state index contributed by atoms with van der Waals surface area (Å²) in [5.74, 6) is 0.712. The van der Waals surface area contributed by atoms with Crippen LogP contribution in [0.15, 0.2) is 30.3 Å². The van der Waals surface area contributed by atoms with Crippen LogP contribution < -0.4 is 5.46 Å². The number of rotatable bonds is 5. The van der Waals surface area contributed by atoms with E-state index in [1.165, 1.54) is 0 Å². The first kappa shape index (κ1) is 10.3. The van der Waals surface area contributed by atoms with Gasteiger partial charge < -0.3 is 4.65 Å². The summed E-state index contributed by atoms with van der Waals surface area (Å²) in [6.45, 7) is 5.21. The van der Waals surface area contributed by atoms with Crippen molar-refractivity contribution >= 4 is 12.9 Å². The predicted molar refractivity (Wildman–Crippen MR) is 57.2 cm³/mol. The second-order valence-electron chi connectivity index (χ2n) is 3.58. The third kappa shape index (κ3) is 4.74. The molecule has 0 unspecified atom stereocenters. The lowest BCUT2D eigenvalue weighted by Gasteiger charge is -2.04. The summed E-state index contributed by atoms with van der Waals surface area (Å²) in [7, 11) is 1.82. The molecule has 1 aromatic rings. The van der Waals surface area contributed by atoms with E-state index in [4.69, 9.17) is 4.65 Å². The summed E-state index contributed by atoms with van der Waals surface area (Å²) in [5, 5.41) is 0. The standard InChI is InChI=1S/C11H16BO/c1-10(2)8-9-13-12-11-6-4-3-5-7-11/h3-7,10H,8-9H2,1-2H3. The maximum atomic E-state index is 5.41. The SMILES string of the molecule is CC(C)CCO[B]c1ccccc1. The van der Waals surface area contributed by atoms with Crippen molar-refractivity contribution in [3.63, 3.8) is 0 Å². The quantitative estimate of drug-likeness (QED) is 0.491. The van der Waals surface area contributed by atoms with Gasteiger partial charge in [0.2, 0.25) is 0 Å². The van der Waals surface area contributed by atoms with Crippen LogP contribution in [-0.4, -0.2) is 14.1 Å². The molecule has 2 heteroatoms. The topological polar surface area (TPSA) is 9.23 Å². The van der Waals surface area contributed by atoms with Crippen LogP contribution in [0.3, 0.4) is 0 Å². The Kier molecular flexibility index (Phi) is 4.62. The minimum absolute atomic E-state index is 0.712. The first-order chi connectivity index (χ1) is 6.29. The zero-order chi connectivity index (χ0) is 9.52. The van der Waals surface area contributed by atoms with E-state index in [1.54, 1.807) is 0 Å². The highest BCUT2D eigenvalue weighted by molar-refractivity contribution is 6.46. The molecule has 0 aromatic heterocycles. The van der Waals surface area contributed by atoms with Gasteiger partial charge in [-0.1, -0.05) is 49.6 Å². The molecule has 69 valence electrons. The fourth-order valence-corrected chi connectivity index (χ4v) is 0.991. The van der Waals surface area contributed by atoms with Crippen molar-refractivity contribution in [2.24, 2.45) is 5.92 Å². The Labute approximate surface area is 81.4 Å². The molecule has 0 aliphatic rings. The van der Waals surface area contributed by atoms with E-state index < -0.39 is 0 Å². The van der Waals surface area contributed by atoms with Crippen LogP contribution in [0.4, 0.5) is 0 Å². The molecule has 0 bridgehead atoms. The van der Waals surface area contributed by atoms with Crippen molar-refractivity contribution in [2.75, 3.05) is 6.61 Å². The highest BCUT2D eigenvalue weighted by atomic mass is 16.4. The van der Waals surface area contributed by atoms with Crippen molar-refractivity contribution in [3.05, 3.63) is 30.3 Å². The third-order valence-electron chi connectivity index (χ3n) is 1.83. The summed E-state index contributed by atoms with van der Waals surface area (Å²) in [6.07, 6.45) is 1.11. The molecule has 0 heterocycles. The Morgan fingerprint density at radius 3 is 2.54 bits per heavy atom. The first-order valence-electron chi connectivity index (χ1n) is 4.79. The lowest BCUT2D eigenvalue weighted by molar-refractivity contribution is 0.308. The predicted octanol–water partition coefficient (Wildman–Crippen LogP) is 1.99. The van der Waals surface area contributed by atoms with E-state index in [0.717, 1.165) is 18.5 Å². The highest BCUT2D eigenvalue weighted by Crippen LogP contribution is 1.97. The minimum atomic E-state index is 0.712. The molecule has 0 aliphatic carbocycles. The molecule has 0 spiro atoms. The average molecular weight is 175 g/mol. The van der Waals surface area contributed by atoms with Crippen LogP contribution in [0.5, 0.6) is 0 Å². The maximum Gasteiger partial charge on any atom is 0.329 e. The Morgan fingerprint density at radius 1 is 1.23 bits per heavy atom. The van der Waals surface area contributed by atoms with Gasteiger partial charge in [-0.05, 0) is 12.3 Å². The minimum Gasteiger partial charge on any atom is -0.434 e. The van der Waals surface area contributed by atoms with Gasteiger partial charge in [-0.15, -0.1) is 0 Å². The Hall–Kier alpha value is -0.755. The largest absolute Gasteiger partial charge is 0.434 e. The van der Waals surface area contributed by atoms with Crippen LogP contribution in [0.25, 0.3) is 0 Å². The molecule has 0 saturated heterocycles. The molecular weight excluding hydrogens is 159 g/mol.